The number of hydrogen-bond acceptors (Lipinski definition) is 5. The van der Waals surface area contributed by atoms with Crippen molar-refractivity contribution in [3.8, 4) is 11.1 Å². The van der Waals surface area contributed by atoms with Crippen LogP contribution < -0.4 is 9.80 Å². The molecule has 0 bridgehead atoms. The molecule has 166 valence electrons. The number of aromatic nitrogens is 1. The molecule has 2 heterocycles. The molecule has 2 amide bonds. The normalized spacial score (nSPS) is 19.3. The third-order valence-electron chi connectivity index (χ3n) is 6.10. The minimum absolute atomic E-state index is 0.0203. The standard InChI is InChI=1S/C23H23FN4O2S2/c1-15-20(32(2,25)30)31-21(26-15)28-14-23(11-12-23)13-27(22(28)29)17-9-7-16(8-10-17)18-5-3-4-6-19(18)24/h3-10,25H,11-14H2,1-2H3/t32-/m1/s1. The number of urea groups is 1. The Morgan fingerprint density at radius 1 is 1.09 bits per heavy atom. The van der Waals surface area contributed by atoms with Crippen LogP contribution in [-0.2, 0) is 9.73 Å². The summed E-state index contributed by atoms with van der Waals surface area (Å²) in [6.45, 7) is 2.93. The van der Waals surface area contributed by atoms with E-state index in [-0.39, 0.29) is 17.3 Å². The lowest BCUT2D eigenvalue weighted by molar-refractivity contribution is 0.243. The minimum Gasteiger partial charge on any atom is -0.293 e. The first-order valence-corrected chi connectivity index (χ1v) is 13.1. The lowest BCUT2D eigenvalue weighted by Gasteiger charge is -2.39. The van der Waals surface area contributed by atoms with Crippen LogP contribution >= 0.6 is 11.3 Å². The van der Waals surface area contributed by atoms with Crippen molar-refractivity contribution < 1.29 is 13.4 Å². The van der Waals surface area contributed by atoms with Crippen molar-refractivity contribution in [2.75, 3.05) is 29.1 Å². The van der Waals surface area contributed by atoms with Gasteiger partial charge in [-0.3, -0.25) is 9.80 Å². The Labute approximate surface area is 190 Å². The van der Waals surface area contributed by atoms with Crippen LogP contribution in [0.5, 0.6) is 0 Å². The average Bonchev–Trinajstić information content (AvgIpc) is 3.38. The Morgan fingerprint density at radius 3 is 2.34 bits per heavy atom. The Bertz CT molecular complexity index is 1310. The first-order chi connectivity index (χ1) is 15.2. The van der Waals surface area contributed by atoms with E-state index in [1.807, 2.05) is 24.3 Å². The summed E-state index contributed by atoms with van der Waals surface area (Å²) in [6, 6.07) is 13.8. The SMILES string of the molecule is Cc1nc(N2CC3(CC3)CN(c3ccc(-c4ccccc4F)cc3)C2=O)sc1[S@](C)(=N)=O. The van der Waals surface area contributed by atoms with Gasteiger partial charge in [-0.25, -0.2) is 23.2 Å². The number of amides is 2. The molecule has 3 aromatic rings. The summed E-state index contributed by atoms with van der Waals surface area (Å²) in [7, 11) is -2.91. The van der Waals surface area contributed by atoms with Gasteiger partial charge < -0.3 is 0 Å². The fraction of sp³-hybridized carbons (Fsp3) is 0.304. The molecule has 1 spiro atoms. The molecule has 5 rings (SSSR count). The quantitative estimate of drug-likeness (QED) is 0.545. The molecule has 6 nitrogen and oxygen atoms in total. The summed E-state index contributed by atoms with van der Waals surface area (Å²) in [5.74, 6) is -0.283. The maximum absolute atomic E-state index is 14.1. The largest absolute Gasteiger partial charge is 0.330 e. The highest BCUT2D eigenvalue weighted by atomic mass is 32.2. The molecule has 1 aliphatic heterocycles. The Balaban J connectivity index is 1.48. The molecular formula is C23H23FN4O2S2. The highest BCUT2D eigenvalue weighted by Crippen LogP contribution is 2.51. The second-order valence-electron chi connectivity index (χ2n) is 8.69. The summed E-state index contributed by atoms with van der Waals surface area (Å²) in [5.41, 5.74) is 2.58. The number of carbonyl (C=O) groups excluding carboxylic acids is 1. The van der Waals surface area contributed by atoms with Crippen molar-refractivity contribution in [3.05, 3.63) is 60.0 Å². The van der Waals surface area contributed by atoms with Crippen LogP contribution in [0.4, 0.5) is 20.0 Å². The highest BCUT2D eigenvalue weighted by Gasteiger charge is 2.52. The number of thiazole rings is 1. The number of aryl methyl sites for hydroxylation is 1. The molecule has 1 N–H and O–H groups in total. The van der Waals surface area contributed by atoms with Crippen molar-refractivity contribution in [1.29, 1.82) is 4.78 Å². The van der Waals surface area contributed by atoms with E-state index in [0.717, 1.165) is 24.1 Å². The van der Waals surface area contributed by atoms with Gasteiger partial charge in [-0.2, -0.15) is 0 Å². The number of carbonyl (C=O) groups is 1. The van der Waals surface area contributed by atoms with Crippen LogP contribution in [0, 0.1) is 22.9 Å². The predicted octanol–water partition coefficient (Wildman–Crippen LogP) is 5.52. The highest BCUT2D eigenvalue weighted by molar-refractivity contribution is 7.93. The summed E-state index contributed by atoms with van der Waals surface area (Å²) in [4.78, 5) is 21.4. The smallest absolute Gasteiger partial charge is 0.293 e. The number of rotatable bonds is 4. The van der Waals surface area contributed by atoms with E-state index < -0.39 is 9.73 Å². The molecule has 0 radical (unpaired) electrons. The number of nitrogens with one attached hydrogen (secondary N) is 1. The van der Waals surface area contributed by atoms with Gasteiger partial charge in [0.15, 0.2) is 5.13 Å². The minimum atomic E-state index is -2.91. The number of anilines is 2. The third-order valence-corrected chi connectivity index (χ3v) is 9.28. The van der Waals surface area contributed by atoms with E-state index in [4.69, 9.17) is 4.78 Å². The van der Waals surface area contributed by atoms with E-state index in [0.29, 0.717) is 33.7 Å². The molecule has 0 unspecified atom stereocenters. The molecule has 1 saturated heterocycles. The molecule has 2 aromatic carbocycles. The topological polar surface area (TPSA) is 77.4 Å². The lowest BCUT2D eigenvalue weighted by Crippen LogP contribution is -2.55. The van der Waals surface area contributed by atoms with Gasteiger partial charge in [-0.15, -0.1) is 0 Å². The molecule has 1 saturated carbocycles. The summed E-state index contributed by atoms with van der Waals surface area (Å²) in [5, 5.41) is 0.489. The molecule has 9 heteroatoms. The number of hydrogen-bond donors (Lipinski definition) is 1. The molecular weight excluding hydrogens is 447 g/mol. The fourth-order valence-electron chi connectivity index (χ4n) is 4.21. The molecule has 2 fully saturated rings. The fourth-order valence-corrected chi connectivity index (χ4v) is 6.47. The van der Waals surface area contributed by atoms with Gasteiger partial charge in [0.1, 0.15) is 10.0 Å². The summed E-state index contributed by atoms with van der Waals surface area (Å²) in [6.07, 6.45) is 3.43. The van der Waals surface area contributed by atoms with Crippen molar-refractivity contribution in [2.45, 2.75) is 24.0 Å². The van der Waals surface area contributed by atoms with Crippen LogP contribution in [0.25, 0.3) is 11.1 Å². The average molecular weight is 471 g/mol. The van der Waals surface area contributed by atoms with E-state index >= 15 is 0 Å². The third kappa shape index (κ3) is 3.69. The van der Waals surface area contributed by atoms with Gasteiger partial charge in [0.25, 0.3) is 0 Å². The van der Waals surface area contributed by atoms with Crippen molar-refractivity contribution in [2.24, 2.45) is 5.41 Å². The van der Waals surface area contributed by atoms with Crippen molar-refractivity contribution >= 4 is 37.9 Å². The van der Waals surface area contributed by atoms with E-state index in [1.54, 1.807) is 34.9 Å². The number of benzene rings is 2. The van der Waals surface area contributed by atoms with Gasteiger partial charge >= 0.3 is 6.03 Å². The molecule has 1 aliphatic carbocycles. The summed E-state index contributed by atoms with van der Waals surface area (Å²) < 4.78 is 34.8. The first kappa shape index (κ1) is 21.1. The van der Waals surface area contributed by atoms with Crippen molar-refractivity contribution in [3.63, 3.8) is 0 Å². The van der Waals surface area contributed by atoms with Gasteiger partial charge in [0, 0.05) is 36.0 Å². The van der Waals surface area contributed by atoms with Crippen molar-refractivity contribution in [1.82, 2.24) is 4.98 Å². The second kappa shape index (κ2) is 7.38. The number of halogens is 1. The van der Waals surface area contributed by atoms with Crippen LogP contribution in [-0.4, -0.2) is 34.6 Å². The number of nitrogens with zero attached hydrogens (tertiary/aromatic N) is 3. The van der Waals surface area contributed by atoms with Gasteiger partial charge in [-0.1, -0.05) is 41.7 Å². The van der Waals surface area contributed by atoms with Crippen LogP contribution in [0.3, 0.4) is 0 Å². The van der Waals surface area contributed by atoms with E-state index in [1.165, 1.54) is 23.7 Å². The maximum Gasteiger partial charge on any atom is 0.330 e. The van der Waals surface area contributed by atoms with E-state index in [2.05, 4.69) is 4.98 Å². The van der Waals surface area contributed by atoms with Gasteiger partial charge in [-0.05, 0) is 43.5 Å². The van der Waals surface area contributed by atoms with E-state index in [9.17, 15) is 13.4 Å². The second-order valence-corrected chi connectivity index (χ2v) is 12.0. The molecule has 32 heavy (non-hydrogen) atoms. The molecule has 1 aromatic heterocycles. The zero-order chi connectivity index (χ0) is 22.7. The summed E-state index contributed by atoms with van der Waals surface area (Å²) >= 11 is 1.17. The Morgan fingerprint density at radius 2 is 1.75 bits per heavy atom. The monoisotopic (exact) mass is 470 g/mol. The molecule has 1 atom stereocenters. The lowest BCUT2D eigenvalue weighted by atomic mass is 10.0. The van der Waals surface area contributed by atoms with Crippen LogP contribution in [0.1, 0.15) is 18.5 Å². The zero-order valence-corrected chi connectivity index (χ0v) is 19.4. The zero-order valence-electron chi connectivity index (χ0n) is 17.8. The van der Waals surface area contributed by atoms with Gasteiger partial charge in [0.05, 0.1) is 15.4 Å². The van der Waals surface area contributed by atoms with Gasteiger partial charge in [0.2, 0.25) is 0 Å². The van der Waals surface area contributed by atoms with Crippen LogP contribution in [0.15, 0.2) is 52.7 Å². The maximum atomic E-state index is 14.1. The first-order valence-electron chi connectivity index (χ1n) is 10.3. The molecule has 2 aliphatic rings. The Hall–Kier alpha value is -2.78. The van der Waals surface area contributed by atoms with Crippen LogP contribution in [0.2, 0.25) is 0 Å². The Kier molecular flexibility index (Phi) is 4.86. The predicted molar refractivity (Wildman–Crippen MR) is 125 cm³/mol.